The maximum atomic E-state index is 12.1. The SMILES string of the molecule is O=C(CSc1ncccc1Cl)N1CCCCCC1. The van der Waals surface area contributed by atoms with Gasteiger partial charge in [0.05, 0.1) is 10.8 Å². The number of nitrogens with zero attached hydrogens (tertiary/aromatic N) is 2. The summed E-state index contributed by atoms with van der Waals surface area (Å²) in [5.41, 5.74) is 0. The molecular formula is C13H17ClN2OS. The van der Waals surface area contributed by atoms with Crippen molar-refractivity contribution in [2.24, 2.45) is 0 Å². The summed E-state index contributed by atoms with van der Waals surface area (Å²) in [7, 11) is 0. The van der Waals surface area contributed by atoms with Crippen LogP contribution in [0.5, 0.6) is 0 Å². The van der Waals surface area contributed by atoms with Gasteiger partial charge in [-0.25, -0.2) is 4.98 Å². The standard InChI is InChI=1S/C13H17ClN2OS/c14-11-6-5-7-15-13(11)18-10-12(17)16-8-3-1-2-4-9-16/h5-7H,1-4,8-10H2. The number of hydrogen-bond acceptors (Lipinski definition) is 3. The van der Waals surface area contributed by atoms with Crippen LogP contribution in [0.4, 0.5) is 0 Å². The lowest BCUT2D eigenvalue weighted by Gasteiger charge is -2.19. The van der Waals surface area contributed by atoms with E-state index in [9.17, 15) is 4.79 Å². The number of pyridine rings is 1. The van der Waals surface area contributed by atoms with Crippen molar-refractivity contribution in [3.8, 4) is 0 Å². The first kappa shape index (κ1) is 13.7. The molecule has 1 aromatic heterocycles. The van der Waals surface area contributed by atoms with Crippen molar-refractivity contribution in [2.75, 3.05) is 18.8 Å². The number of hydrogen-bond donors (Lipinski definition) is 0. The van der Waals surface area contributed by atoms with Crippen LogP contribution >= 0.6 is 23.4 Å². The molecule has 1 aliphatic rings. The molecule has 1 fully saturated rings. The van der Waals surface area contributed by atoms with Crippen molar-refractivity contribution < 1.29 is 4.79 Å². The number of amides is 1. The highest BCUT2D eigenvalue weighted by Crippen LogP contribution is 2.24. The second-order valence-corrected chi connectivity index (χ2v) is 5.75. The van der Waals surface area contributed by atoms with Crippen molar-refractivity contribution in [1.82, 2.24) is 9.88 Å². The normalized spacial score (nSPS) is 16.4. The molecule has 2 heterocycles. The van der Waals surface area contributed by atoms with Gasteiger partial charge in [0.25, 0.3) is 0 Å². The minimum Gasteiger partial charge on any atom is -0.342 e. The summed E-state index contributed by atoms with van der Waals surface area (Å²) in [5.74, 6) is 0.625. The number of thioether (sulfide) groups is 1. The molecule has 5 heteroatoms. The van der Waals surface area contributed by atoms with Gasteiger partial charge in [0.15, 0.2) is 0 Å². The second kappa shape index (κ2) is 7.00. The third-order valence-electron chi connectivity index (χ3n) is 3.02. The molecule has 3 nitrogen and oxygen atoms in total. The van der Waals surface area contributed by atoms with Crippen LogP contribution in [-0.2, 0) is 4.79 Å². The Morgan fingerprint density at radius 2 is 2.06 bits per heavy atom. The molecular weight excluding hydrogens is 268 g/mol. The predicted octanol–water partition coefficient (Wildman–Crippen LogP) is 3.23. The molecule has 0 unspecified atom stereocenters. The molecule has 0 atom stereocenters. The molecule has 0 saturated carbocycles. The Balaban J connectivity index is 1.86. The Hall–Kier alpha value is -0.740. The van der Waals surface area contributed by atoms with Crippen LogP contribution in [0.3, 0.4) is 0 Å². The van der Waals surface area contributed by atoms with Gasteiger partial charge in [-0.3, -0.25) is 4.79 Å². The largest absolute Gasteiger partial charge is 0.342 e. The van der Waals surface area contributed by atoms with Crippen LogP contribution in [0, 0.1) is 0 Å². The lowest BCUT2D eigenvalue weighted by Crippen LogP contribution is -2.33. The number of carbonyl (C=O) groups is 1. The molecule has 1 aromatic rings. The van der Waals surface area contributed by atoms with Crippen molar-refractivity contribution in [1.29, 1.82) is 0 Å². The van der Waals surface area contributed by atoms with Gasteiger partial charge in [-0.1, -0.05) is 36.2 Å². The third-order valence-corrected chi connectivity index (χ3v) is 4.42. The van der Waals surface area contributed by atoms with Crippen LogP contribution in [0.2, 0.25) is 5.02 Å². The summed E-state index contributed by atoms with van der Waals surface area (Å²) >= 11 is 7.43. The number of aromatic nitrogens is 1. The van der Waals surface area contributed by atoms with Gasteiger partial charge in [0, 0.05) is 19.3 Å². The van der Waals surface area contributed by atoms with Crippen molar-refractivity contribution in [3.05, 3.63) is 23.4 Å². The molecule has 1 aliphatic heterocycles. The highest BCUT2D eigenvalue weighted by molar-refractivity contribution is 8.00. The van der Waals surface area contributed by atoms with Crippen LogP contribution in [0.15, 0.2) is 23.4 Å². The highest BCUT2D eigenvalue weighted by Gasteiger charge is 2.16. The Labute approximate surface area is 117 Å². The van der Waals surface area contributed by atoms with E-state index in [1.165, 1.54) is 24.6 Å². The van der Waals surface area contributed by atoms with E-state index in [4.69, 9.17) is 11.6 Å². The second-order valence-electron chi connectivity index (χ2n) is 4.37. The molecule has 0 spiro atoms. The maximum Gasteiger partial charge on any atom is 0.232 e. The highest BCUT2D eigenvalue weighted by atomic mass is 35.5. The lowest BCUT2D eigenvalue weighted by atomic mass is 10.2. The van der Waals surface area contributed by atoms with Crippen molar-refractivity contribution >= 4 is 29.3 Å². The van der Waals surface area contributed by atoms with E-state index in [1.54, 1.807) is 18.3 Å². The summed E-state index contributed by atoms with van der Waals surface area (Å²) in [5, 5.41) is 1.36. The molecule has 0 N–H and O–H groups in total. The summed E-state index contributed by atoms with van der Waals surface area (Å²) in [4.78, 5) is 18.2. The Kier molecular flexibility index (Phi) is 5.32. The van der Waals surface area contributed by atoms with Crippen LogP contribution in [0.25, 0.3) is 0 Å². The van der Waals surface area contributed by atoms with Gasteiger partial charge in [0.1, 0.15) is 5.03 Å². The van der Waals surface area contributed by atoms with Gasteiger partial charge in [0.2, 0.25) is 5.91 Å². The fraction of sp³-hybridized carbons (Fsp3) is 0.538. The van der Waals surface area contributed by atoms with Crippen molar-refractivity contribution in [2.45, 2.75) is 30.7 Å². The first-order chi connectivity index (χ1) is 8.77. The molecule has 18 heavy (non-hydrogen) atoms. The first-order valence-corrected chi connectivity index (χ1v) is 7.65. The zero-order valence-corrected chi connectivity index (χ0v) is 11.8. The minimum absolute atomic E-state index is 0.198. The van der Waals surface area contributed by atoms with Gasteiger partial charge in [-0.15, -0.1) is 0 Å². The number of carbonyl (C=O) groups excluding carboxylic acids is 1. The molecule has 2 rings (SSSR count). The average molecular weight is 285 g/mol. The minimum atomic E-state index is 0.198. The summed E-state index contributed by atoms with van der Waals surface area (Å²) in [6, 6.07) is 3.59. The van der Waals surface area contributed by atoms with Crippen molar-refractivity contribution in [3.63, 3.8) is 0 Å². The lowest BCUT2D eigenvalue weighted by molar-refractivity contribution is -0.128. The zero-order valence-electron chi connectivity index (χ0n) is 10.3. The van der Waals surface area contributed by atoms with Gasteiger partial charge < -0.3 is 4.90 Å². The fourth-order valence-corrected chi connectivity index (χ4v) is 3.09. The molecule has 1 saturated heterocycles. The molecule has 98 valence electrons. The van der Waals surface area contributed by atoms with E-state index in [2.05, 4.69) is 4.98 Å². The van der Waals surface area contributed by atoms with Gasteiger partial charge in [-0.2, -0.15) is 0 Å². The smallest absolute Gasteiger partial charge is 0.232 e. The average Bonchev–Trinajstić information content (AvgIpc) is 2.66. The van der Waals surface area contributed by atoms with Crippen LogP contribution in [-0.4, -0.2) is 34.6 Å². The number of likely N-dealkylation sites (tertiary alicyclic amines) is 1. The van der Waals surface area contributed by atoms with E-state index in [0.29, 0.717) is 10.8 Å². The predicted molar refractivity (Wildman–Crippen MR) is 75.0 cm³/mol. The topological polar surface area (TPSA) is 33.2 Å². The maximum absolute atomic E-state index is 12.1. The van der Waals surface area contributed by atoms with Gasteiger partial charge >= 0.3 is 0 Å². The molecule has 0 aliphatic carbocycles. The van der Waals surface area contributed by atoms with Crippen LogP contribution < -0.4 is 0 Å². The molecule has 0 radical (unpaired) electrons. The quantitative estimate of drug-likeness (QED) is 0.799. The Bertz CT molecular complexity index is 406. The van der Waals surface area contributed by atoms with E-state index >= 15 is 0 Å². The fourth-order valence-electron chi connectivity index (χ4n) is 2.02. The first-order valence-electron chi connectivity index (χ1n) is 6.28. The van der Waals surface area contributed by atoms with E-state index in [0.717, 1.165) is 31.0 Å². The molecule has 1 amide bonds. The molecule has 0 bridgehead atoms. The van der Waals surface area contributed by atoms with Gasteiger partial charge in [-0.05, 0) is 25.0 Å². The Morgan fingerprint density at radius 1 is 1.33 bits per heavy atom. The van der Waals surface area contributed by atoms with E-state index in [1.807, 2.05) is 4.90 Å². The third kappa shape index (κ3) is 3.89. The Morgan fingerprint density at radius 3 is 2.72 bits per heavy atom. The number of halogens is 1. The summed E-state index contributed by atoms with van der Waals surface area (Å²) in [6.07, 6.45) is 6.43. The zero-order chi connectivity index (χ0) is 12.8. The summed E-state index contributed by atoms with van der Waals surface area (Å²) < 4.78 is 0. The van der Waals surface area contributed by atoms with E-state index < -0.39 is 0 Å². The number of rotatable bonds is 3. The molecule has 0 aromatic carbocycles. The van der Waals surface area contributed by atoms with E-state index in [-0.39, 0.29) is 5.91 Å². The monoisotopic (exact) mass is 284 g/mol. The summed E-state index contributed by atoms with van der Waals surface area (Å²) in [6.45, 7) is 1.80. The van der Waals surface area contributed by atoms with Crippen LogP contribution in [0.1, 0.15) is 25.7 Å².